The van der Waals surface area contributed by atoms with Crippen molar-refractivity contribution < 1.29 is 4.74 Å². The molecule has 1 N–H and O–H groups in total. The molecule has 0 aliphatic carbocycles. The maximum absolute atomic E-state index is 5.58. The van der Waals surface area contributed by atoms with E-state index in [9.17, 15) is 0 Å². The summed E-state index contributed by atoms with van der Waals surface area (Å²) >= 11 is 1.90. The lowest BCUT2D eigenvalue weighted by Crippen LogP contribution is -2.21. The zero-order valence-electron chi connectivity index (χ0n) is 12.0. The van der Waals surface area contributed by atoms with Gasteiger partial charge in [-0.2, -0.15) is 11.8 Å². The Hall–Kier alpha value is -0.930. The molecule has 1 aromatic rings. The van der Waals surface area contributed by atoms with Crippen LogP contribution in [0, 0.1) is 0 Å². The van der Waals surface area contributed by atoms with Gasteiger partial charge in [-0.05, 0) is 31.0 Å². The highest BCUT2D eigenvalue weighted by Crippen LogP contribution is 2.17. The van der Waals surface area contributed by atoms with Crippen molar-refractivity contribution in [1.29, 1.82) is 0 Å². The van der Waals surface area contributed by atoms with Crippen molar-refractivity contribution in [1.82, 2.24) is 5.32 Å². The Bertz CT molecular complexity index is 350. The van der Waals surface area contributed by atoms with Crippen LogP contribution < -0.4 is 10.1 Å². The summed E-state index contributed by atoms with van der Waals surface area (Å²) in [6.07, 6.45) is 2.99. The van der Waals surface area contributed by atoms with Crippen molar-refractivity contribution in [2.75, 3.05) is 24.7 Å². The van der Waals surface area contributed by atoms with Gasteiger partial charge in [0.05, 0.1) is 6.61 Å². The summed E-state index contributed by atoms with van der Waals surface area (Å²) in [5.41, 5.74) is 1.30. The van der Waals surface area contributed by atoms with Gasteiger partial charge < -0.3 is 10.1 Å². The highest BCUT2D eigenvalue weighted by atomic mass is 32.2. The average molecular weight is 279 g/mol. The summed E-state index contributed by atoms with van der Waals surface area (Å²) < 4.78 is 5.58. The lowest BCUT2D eigenvalue weighted by Gasteiger charge is -2.14. The smallest absolute Gasteiger partial charge is 0.119 e. The van der Waals surface area contributed by atoms with Crippen LogP contribution in [0.3, 0.4) is 0 Å². The fraction of sp³-hybridized carbons (Fsp3) is 0.500. The minimum absolute atomic E-state index is 0.379. The molecule has 0 saturated heterocycles. The first-order valence-corrected chi connectivity index (χ1v) is 8.08. The predicted octanol–water partition coefficient (Wildman–Crippen LogP) is 4.05. The number of benzene rings is 1. The normalized spacial score (nSPS) is 12.1. The van der Waals surface area contributed by atoms with E-state index in [1.807, 2.05) is 17.8 Å². The Morgan fingerprint density at radius 2 is 2.11 bits per heavy atom. The van der Waals surface area contributed by atoms with Gasteiger partial charge in [-0.1, -0.05) is 25.1 Å². The van der Waals surface area contributed by atoms with Gasteiger partial charge in [0.15, 0.2) is 0 Å². The number of rotatable bonds is 10. The molecule has 0 fully saturated rings. The molecule has 0 aliphatic rings. The molecule has 0 amide bonds. The Kier molecular flexibility index (Phi) is 8.43. The molecule has 19 heavy (non-hydrogen) atoms. The fourth-order valence-electron chi connectivity index (χ4n) is 1.70. The highest BCUT2D eigenvalue weighted by Gasteiger charge is 2.04. The van der Waals surface area contributed by atoms with Crippen LogP contribution in [0.1, 0.15) is 31.9 Å². The molecule has 1 rings (SSSR count). The lowest BCUT2D eigenvalue weighted by atomic mass is 10.1. The third-order valence-corrected chi connectivity index (χ3v) is 3.75. The first-order chi connectivity index (χ1) is 9.27. The molecule has 1 aromatic carbocycles. The summed E-state index contributed by atoms with van der Waals surface area (Å²) in [4.78, 5) is 0. The van der Waals surface area contributed by atoms with Crippen molar-refractivity contribution in [2.24, 2.45) is 0 Å². The SMILES string of the molecule is C=CCSCCNC(C)c1ccc(OCCC)cc1. The molecule has 1 unspecified atom stereocenters. The summed E-state index contributed by atoms with van der Waals surface area (Å²) in [6.45, 7) is 9.83. The van der Waals surface area contributed by atoms with Crippen LogP contribution in [0.15, 0.2) is 36.9 Å². The van der Waals surface area contributed by atoms with Crippen molar-refractivity contribution >= 4 is 11.8 Å². The predicted molar refractivity (Wildman–Crippen MR) is 86.2 cm³/mol. The molecule has 0 aromatic heterocycles. The van der Waals surface area contributed by atoms with E-state index in [4.69, 9.17) is 4.74 Å². The Labute approximate surface area is 121 Å². The molecular formula is C16H25NOS. The number of nitrogens with one attached hydrogen (secondary N) is 1. The third kappa shape index (κ3) is 6.69. The fourth-order valence-corrected chi connectivity index (χ4v) is 2.30. The highest BCUT2D eigenvalue weighted by molar-refractivity contribution is 7.99. The molecule has 0 heterocycles. The van der Waals surface area contributed by atoms with Crippen molar-refractivity contribution in [2.45, 2.75) is 26.3 Å². The van der Waals surface area contributed by atoms with E-state index < -0.39 is 0 Å². The van der Waals surface area contributed by atoms with Crippen molar-refractivity contribution in [3.05, 3.63) is 42.5 Å². The Morgan fingerprint density at radius 3 is 2.74 bits per heavy atom. The summed E-state index contributed by atoms with van der Waals surface area (Å²) in [5, 5.41) is 3.52. The molecule has 0 aliphatic heterocycles. The largest absolute Gasteiger partial charge is 0.494 e. The molecule has 3 heteroatoms. The quantitative estimate of drug-likeness (QED) is 0.516. The monoisotopic (exact) mass is 279 g/mol. The third-order valence-electron chi connectivity index (χ3n) is 2.79. The second-order valence-corrected chi connectivity index (χ2v) is 5.61. The standard InChI is InChI=1S/C16H25NOS/c1-4-11-18-16-8-6-15(7-9-16)14(3)17-10-13-19-12-5-2/h5-9,14,17H,2,4,10-13H2,1,3H3. The van der Waals surface area contributed by atoms with E-state index in [1.165, 1.54) is 5.56 Å². The van der Waals surface area contributed by atoms with E-state index in [-0.39, 0.29) is 0 Å². The molecule has 106 valence electrons. The van der Waals surface area contributed by atoms with Crippen LogP contribution in [0.4, 0.5) is 0 Å². The van der Waals surface area contributed by atoms with E-state index >= 15 is 0 Å². The molecule has 1 atom stereocenters. The van der Waals surface area contributed by atoms with Crippen molar-refractivity contribution in [3.8, 4) is 5.75 Å². The van der Waals surface area contributed by atoms with Crippen LogP contribution in [-0.4, -0.2) is 24.7 Å². The number of hydrogen-bond donors (Lipinski definition) is 1. The summed E-state index contributed by atoms with van der Waals surface area (Å²) in [7, 11) is 0. The maximum atomic E-state index is 5.58. The molecule has 0 spiro atoms. The molecule has 0 bridgehead atoms. The molecule has 0 saturated carbocycles. The van der Waals surface area contributed by atoms with Crippen LogP contribution in [-0.2, 0) is 0 Å². The topological polar surface area (TPSA) is 21.3 Å². The van der Waals surface area contributed by atoms with Gasteiger partial charge >= 0.3 is 0 Å². The molecular weight excluding hydrogens is 254 g/mol. The number of ether oxygens (including phenoxy) is 1. The Morgan fingerprint density at radius 1 is 1.37 bits per heavy atom. The number of thioether (sulfide) groups is 1. The van der Waals surface area contributed by atoms with Gasteiger partial charge in [-0.3, -0.25) is 0 Å². The van der Waals surface area contributed by atoms with E-state index in [2.05, 4.69) is 50.0 Å². The minimum atomic E-state index is 0.379. The van der Waals surface area contributed by atoms with Gasteiger partial charge in [0.2, 0.25) is 0 Å². The lowest BCUT2D eigenvalue weighted by molar-refractivity contribution is 0.317. The van der Waals surface area contributed by atoms with Crippen LogP contribution in [0.2, 0.25) is 0 Å². The Balaban J connectivity index is 2.31. The average Bonchev–Trinajstić information content (AvgIpc) is 2.45. The second-order valence-electron chi connectivity index (χ2n) is 4.46. The van der Waals surface area contributed by atoms with Gasteiger partial charge in [0, 0.05) is 24.1 Å². The van der Waals surface area contributed by atoms with Crippen LogP contribution in [0.25, 0.3) is 0 Å². The summed E-state index contributed by atoms with van der Waals surface area (Å²) in [5.74, 6) is 3.10. The maximum Gasteiger partial charge on any atom is 0.119 e. The van der Waals surface area contributed by atoms with Crippen molar-refractivity contribution in [3.63, 3.8) is 0 Å². The van der Waals surface area contributed by atoms with E-state index in [0.717, 1.165) is 36.8 Å². The second kappa shape index (κ2) is 9.93. The molecule has 2 nitrogen and oxygen atoms in total. The minimum Gasteiger partial charge on any atom is -0.494 e. The first-order valence-electron chi connectivity index (χ1n) is 6.92. The van der Waals surface area contributed by atoms with E-state index in [0.29, 0.717) is 6.04 Å². The van der Waals surface area contributed by atoms with Gasteiger partial charge in [0.1, 0.15) is 5.75 Å². The van der Waals surface area contributed by atoms with Crippen LogP contribution in [0.5, 0.6) is 5.75 Å². The van der Waals surface area contributed by atoms with E-state index in [1.54, 1.807) is 0 Å². The zero-order chi connectivity index (χ0) is 13.9. The first kappa shape index (κ1) is 16.1. The van der Waals surface area contributed by atoms with Crippen LogP contribution >= 0.6 is 11.8 Å². The zero-order valence-corrected chi connectivity index (χ0v) is 12.8. The van der Waals surface area contributed by atoms with Gasteiger partial charge in [-0.15, -0.1) is 6.58 Å². The van der Waals surface area contributed by atoms with Gasteiger partial charge in [-0.25, -0.2) is 0 Å². The van der Waals surface area contributed by atoms with Gasteiger partial charge in [0.25, 0.3) is 0 Å². The molecule has 0 radical (unpaired) electrons. The number of hydrogen-bond acceptors (Lipinski definition) is 3. The summed E-state index contributed by atoms with van der Waals surface area (Å²) in [6, 6.07) is 8.76.